The molecule has 0 aromatic carbocycles. The Labute approximate surface area is 110 Å². The van der Waals surface area contributed by atoms with E-state index in [1.807, 2.05) is 12.1 Å². The number of nitrogens with two attached hydrogens (primary N) is 1. The van der Waals surface area contributed by atoms with Gasteiger partial charge in [-0.2, -0.15) is 10.5 Å². The van der Waals surface area contributed by atoms with Gasteiger partial charge in [0.15, 0.2) is 11.3 Å². The molecule has 1 fully saturated rings. The molecular formula is C13H14N4O2. The van der Waals surface area contributed by atoms with E-state index in [4.69, 9.17) is 5.73 Å². The smallest absolute Gasteiger partial charge is 0.243 e. The lowest BCUT2D eigenvalue weighted by Crippen LogP contribution is -2.63. The molecule has 0 aromatic rings. The third-order valence-electron chi connectivity index (χ3n) is 4.34. The molecule has 1 heterocycles. The molecule has 6 heteroatoms. The summed E-state index contributed by atoms with van der Waals surface area (Å²) >= 11 is 0. The number of carbonyl (C=O) groups excluding carboxylic acids is 2. The second-order valence-electron chi connectivity index (χ2n) is 5.18. The van der Waals surface area contributed by atoms with Crippen LogP contribution in [-0.2, 0) is 9.59 Å². The van der Waals surface area contributed by atoms with Gasteiger partial charge in [-0.1, -0.05) is 13.0 Å². The van der Waals surface area contributed by atoms with E-state index in [9.17, 15) is 20.1 Å². The number of primary amides is 1. The summed E-state index contributed by atoms with van der Waals surface area (Å²) in [7, 11) is 0. The number of carbonyl (C=O) groups is 2. The molecule has 19 heavy (non-hydrogen) atoms. The van der Waals surface area contributed by atoms with E-state index in [1.165, 1.54) is 0 Å². The number of nitrogens with one attached hydrogen (secondary N) is 1. The van der Waals surface area contributed by atoms with E-state index in [1.54, 1.807) is 13.0 Å². The maximum Gasteiger partial charge on any atom is 0.243 e. The minimum Gasteiger partial charge on any atom is -0.368 e. The van der Waals surface area contributed by atoms with Crippen LogP contribution in [0.25, 0.3) is 0 Å². The first kappa shape index (κ1) is 13.1. The van der Waals surface area contributed by atoms with E-state index < -0.39 is 28.6 Å². The number of nitriles is 2. The van der Waals surface area contributed by atoms with Crippen LogP contribution in [0.3, 0.4) is 0 Å². The second kappa shape index (κ2) is 4.10. The van der Waals surface area contributed by atoms with Gasteiger partial charge in [0.05, 0.1) is 12.1 Å². The average Bonchev–Trinajstić information content (AvgIpc) is 2.37. The molecular weight excluding hydrogens is 244 g/mol. The zero-order chi connectivity index (χ0) is 14.3. The number of hydrogen-bond acceptors (Lipinski definition) is 4. The van der Waals surface area contributed by atoms with Crippen LogP contribution >= 0.6 is 0 Å². The molecule has 0 unspecified atom stereocenters. The SMILES string of the molecule is C[C@]12CCCC=C1NC(=O)[C@@H](C#N)[C@]2(C#N)C(N)=O. The van der Waals surface area contributed by atoms with Gasteiger partial charge in [0.25, 0.3) is 0 Å². The minimum absolute atomic E-state index is 0.536. The Hall–Kier alpha value is -2.34. The van der Waals surface area contributed by atoms with Gasteiger partial charge in [-0.3, -0.25) is 9.59 Å². The fourth-order valence-electron chi connectivity index (χ4n) is 3.19. The zero-order valence-corrected chi connectivity index (χ0v) is 10.6. The Morgan fingerprint density at radius 1 is 1.58 bits per heavy atom. The van der Waals surface area contributed by atoms with Gasteiger partial charge in [0.2, 0.25) is 11.8 Å². The molecule has 0 aromatic heterocycles. The van der Waals surface area contributed by atoms with Crippen molar-refractivity contribution in [3.05, 3.63) is 11.8 Å². The second-order valence-corrected chi connectivity index (χ2v) is 5.18. The van der Waals surface area contributed by atoms with Gasteiger partial charge in [0, 0.05) is 11.1 Å². The molecule has 0 saturated carbocycles. The highest BCUT2D eigenvalue weighted by atomic mass is 16.2. The van der Waals surface area contributed by atoms with Crippen molar-refractivity contribution in [2.45, 2.75) is 26.2 Å². The summed E-state index contributed by atoms with van der Waals surface area (Å²) in [4.78, 5) is 23.9. The lowest BCUT2D eigenvalue weighted by Gasteiger charge is -2.50. The van der Waals surface area contributed by atoms with Crippen molar-refractivity contribution in [3.8, 4) is 12.1 Å². The monoisotopic (exact) mass is 258 g/mol. The number of fused-ring (bicyclic) bond motifs is 1. The van der Waals surface area contributed by atoms with Gasteiger partial charge >= 0.3 is 0 Å². The van der Waals surface area contributed by atoms with Crippen LogP contribution in [0.5, 0.6) is 0 Å². The van der Waals surface area contributed by atoms with Gasteiger partial charge in [0.1, 0.15) is 0 Å². The van der Waals surface area contributed by atoms with Crippen molar-refractivity contribution in [1.29, 1.82) is 10.5 Å². The van der Waals surface area contributed by atoms with Crippen molar-refractivity contribution in [1.82, 2.24) is 5.32 Å². The quantitative estimate of drug-likeness (QED) is 0.703. The molecule has 0 radical (unpaired) electrons. The number of nitrogens with zero attached hydrogens (tertiary/aromatic N) is 2. The van der Waals surface area contributed by atoms with Crippen LogP contribution in [0.15, 0.2) is 11.8 Å². The first-order valence-corrected chi connectivity index (χ1v) is 6.06. The minimum atomic E-state index is -1.81. The van der Waals surface area contributed by atoms with Gasteiger partial charge in [-0.05, 0) is 19.3 Å². The molecule has 2 amide bonds. The summed E-state index contributed by atoms with van der Waals surface area (Å²) in [5, 5.41) is 21.4. The predicted molar refractivity (Wildman–Crippen MR) is 64.5 cm³/mol. The molecule has 98 valence electrons. The molecule has 6 nitrogen and oxygen atoms in total. The first-order valence-electron chi connectivity index (χ1n) is 6.06. The third-order valence-corrected chi connectivity index (χ3v) is 4.34. The number of hydrogen-bond donors (Lipinski definition) is 2. The highest BCUT2D eigenvalue weighted by molar-refractivity contribution is 5.97. The Balaban J connectivity index is 2.74. The van der Waals surface area contributed by atoms with Crippen molar-refractivity contribution in [3.63, 3.8) is 0 Å². The van der Waals surface area contributed by atoms with E-state index in [0.29, 0.717) is 12.1 Å². The van der Waals surface area contributed by atoms with Gasteiger partial charge in [-0.15, -0.1) is 0 Å². The normalized spacial score (nSPS) is 37.1. The van der Waals surface area contributed by atoms with Crippen molar-refractivity contribution < 1.29 is 9.59 Å². The Bertz CT molecular complexity index is 568. The van der Waals surface area contributed by atoms with Crippen molar-refractivity contribution in [2.24, 2.45) is 22.5 Å². The molecule has 1 saturated heterocycles. The molecule has 3 N–H and O–H groups in total. The largest absolute Gasteiger partial charge is 0.368 e. The van der Waals surface area contributed by atoms with Crippen LogP contribution < -0.4 is 11.1 Å². The average molecular weight is 258 g/mol. The summed E-state index contributed by atoms with van der Waals surface area (Å²) in [6.45, 7) is 1.72. The molecule has 1 aliphatic carbocycles. The lowest BCUT2D eigenvalue weighted by atomic mass is 9.52. The van der Waals surface area contributed by atoms with E-state index in [0.717, 1.165) is 12.8 Å². The molecule has 2 aliphatic rings. The van der Waals surface area contributed by atoms with E-state index in [2.05, 4.69) is 5.32 Å². The van der Waals surface area contributed by atoms with Crippen LogP contribution in [0.2, 0.25) is 0 Å². The third kappa shape index (κ3) is 1.40. The standard InChI is InChI=1S/C13H14N4O2/c1-12-5-3-2-4-9(12)17-10(18)8(6-14)13(12,7-15)11(16)19/h4,8H,2-3,5H2,1H3,(H2,16,19)(H,17,18)/t8-,12+,13-/m1/s1. The van der Waals surface area contributed by atoms with Gasteiger partial charge < -0.3 is 11.1 Å². The number of piperidine rings is 1. The van der Waals surface area contributed by atoms with E-state index >= 15 is 0 Å². The Morgan fingerprint density at radius 3 is 2.79 bits per heavy atom. The summed E-state index contributed by atoms with van der Waals surface area (Å²) < 4.78 is 0. The highest BCUT2D eigenvalue weighted by Crippen LogP contribution is 2.55. The number of amides is 2. The van der Waals surface area contributed by atoms with E-state index in [-0.39, 0.29) is 0 Å². The van der Waals surface area contributed by atoms with Crippen molar-refractivity contribution in [2.75, 3.05) is 0 Å². The predicted octanol–water partition coefficient (Wildman–Crippen LogP) is 0.325. The zero-order valence-electron chi connectivity index (χ0n) is 10.6. The summed E-state index contributed by atoms with van der Waals surface area (Å²) in [6.07, 6.45) is 3.89. The molecule has 0 bridgehead atoms. The summed E-state index contributed by atoms with van der Waals surface area (Å²) in [6, 6.07) is 3.66. The summed E-state index contributed by atoms with van der Waals surface area (Å²) in [5.74, 6) is -2.92. The van der Waals surface area contributed by atoms with Gasteiger partial charge in [-0.25, -0.2) is 0 Å². The Morgan fingerprint density at radius 2 is 2.26 bits per heavy atom. The number of allylic oxidation sites excluding steroid dienone is 2. The number of rotatable bonds is 1. The Kier molecular flexibility index (Phi) is 2.83. The van der Waals surface area contributed by atoms with Crippen molar-refractivity contribution >= 4 is 11.8 Å². The van der Waals surface area contributed by atoms with Crippen LogP contribution in [0.1, 0.15) is 26.2 Å². The lowest BCUT2D eigenvalue weighted by molar-refractivity contribution is -0.144. The molecule has 3 atom stereocenters. The maximum absolute atomic E-state index is 12.0. The molecule has 2 rings (SSSR count). The van der Waals surface area contributed by atoms with Crippen LogP contribution in [-0.4, -0.2) is 11.8 Å². The van der Waals surface area contributed by atoms with Crippen LogP contribution in [0.4, 0.5) is 0 Å². The first-order chi connectivity index (χ1) is 8.94. The molecule has 1 aliphatic heterocycles. The fourth-order valence-corrected chi connectivity index (χ4v) is 3.19. The molecule has 0 spiro atoms. The summed E-state index contributed by atoms with van der Waals surface area (Å²) in [5.41, 5.74) is 3.23. The topological polar surface area (TPSA) is 120 Å². The highest BCUT2D eigenvalue weighted by Gasteiger charge is 2.65. The fraction of sp³-hybridized carbons (Fsp3) is 0.538. The van der Waals surface area contributed by atoms with Crippen LogP contribution in [0, 0.1) is 39.4 Å². The maximum atomic E-state index is 12.0.